The molecule has 0 spiro atoms. The molecule has 1 N–H and O–H groups in total. The van der Waals surface area contributed by atoms with Crippen molar-refractivity contribution in [2.24, 2.45) is 5.92 Å². The quantitative estimate of drug-likeness (QED) is 0.730. The maximum atomic E-state index is 13.7. The standard InChI is InChI=1S/C17H24FNO/c18-17-7-4-14(11-19-16-5-6-16)10-15(17)12-20-9-8-13-2-1-3-13/h4,7,10,13,16,19H,1-3,5-6,8-9,11-12H2. The van der Waals surface area contributed by atoms with Gasteiger partial charge in [0.2, 0.25) is 0 Å². The average Bonchev–Trinajstić information content (AvgIpc) is 3.21. The number of hydrogen-bond donors (Lipinski definition) is 1. The lowest BCUT2D eigenvalue weighted by atomic mass is 9.83. The molecule has 0 radical (unpaired) electrons. The van der Waals surface area contributed by atoms with Crippen molar-refractivity contribution in [1.29, 1.82) is 0 Å². The van der Waals surface area contributed by atoms with Gasteiger partial charge in [-0.1, -0.05) is 25.3 Å². The molecule has 0 heterocycles. The maximum absolute atomic E-state index is 13.7. The molecule has 0 bridgehead atoms. The molecule has 1 aromatic carbocycles. The molecular weight excluding hydrogens is 253 g/mol. The topological polar surface area (TPSA) is 21.3 Å². The Bertz CT molecular complexity index is 441. The van der Waals surface area contributed by atoms with Crippen molar-refractivity contribution in [3.05, 3.63) is 35.1 Å². The van der Waals surface area contributed by atoms with Crippen molar-refractivity contribution in [2.45, 2.75) is 57.7 Å². The Kier molecular flexibility index (Phi) is 4.69. The van der Waals surface area contributed by atoms with Gasteiger partial charge in [0.05, 0.1) is 6.61 Å². The Morgan fingerprint density at radius 2 is 2.05 bits per heavy atom. The fourth-order valence-corrected chi connectivity index (χ4v) is 2.61. The highest BCUT2D eigenvalue weighted by atomic mass is 19.1. The summed E-state index contributed by atoms with van der Waals surface area (Å²) in [6, 6.07) is 6.05. The van der Waals surface area contributed by atoms with Gasteiger partial charge >= 0.3 is 0 Å². The second kappa shape index (κ2) is 6.68. The molecular formula is C17H24FNO. The van der Waals surface area contributed by atoms with Crippen molar-refractivity contribution in [3.8, 4) is 0 Å². The Labute approximate surface area is 120 Å². The summed E-state index contributed by atoms with van der Waals surface area (Å²) < 4.78 is 19.4. The van der Waals surface area contributed by atoms with Gasteiger partial charge in [-0.2, -0.15) is 0 Å². The van der Waals surface area contributed by atoms with Crippen LogP contribution in [0.5, 0.6) is 0 Å². The molecule has 20 heavy (non-hydrogen) atoms. The van der Waals surface area contributed by atoms with Crippen molar-refractivity contribution in [1.82, 2.24) is 5.32 Å². The molecule has 0 amide bonds. The number of ether oxygens (including phenoxy) is 1. The molecule has 0 atom stereocenters. The summed E-state index contributed by atoms with van der Waals surface area (Å²) in [5.74, 6) is 0.706. The van der Waals surface area contributed by atoms with Crippen LogP contribution < -0.4 is 5.32 Å². The minimum Gasteiger partial charge on any atom is -0.377 e. The number of benzene rings is 1. The smallest absolute Gasteiger partial charge is 0.128 e. The molecule has 3 rings (SSSR count). The number of hydrogen-bond acceptors (Lipinski definition) is 2. The van der Waals surface area contributed by atoms with Gasteiger partial charge in [0.15, 0.2) is 0 Å². The van der Waals surface area contributed by atoms with Crippen molar-refractivity contribution < 1.29 is 9.13 Å². The first-order valence-electron chi connectivity index (χ1n) is 7.89. The largest absolute Gasteiger partial charge is 0.377 e. The monoisotopic (exact) mass is 277 g/mol. The third-order valence-electron chi connectivity index (χ3n) is 4.44. The molecule has 2 nitrogen and oxygen atoms in total. The Balaban J connectivity index is 1.44. The highest BCUT2D eigenvalue weighted by molar-refractivity contribution is 5.24. The second-order valence-electron chi connectivity index (χ2n) is 6.22. The lowest BCUT2D eigenvalue weighted by Crippen LogP contribution is -2.15. The molecule has 0 unspecified atom stereocenters. The summed E-state index contributed by atoms with van der Waals surface area (Å²) in [4.78, 5) is 0. The van der Waals surface area contributed by atoms with Crippen molar-refractivity contribution in [3.63, 3.8) is 0 Å². The minimum absolute atomic E-state index is 0.149. The fourth-order valence-electron chi connectivity index (χ4n) is 2.61. The van der Waals surface area contributed by atoms with Crippen LogP contribution in [-0.2, 0) is 17.9 Å². The van der Waals surface area contributed by atoms with E-state index < -0.39 is 0 Å². The van der Waals surface area contributed by atoms with Gasteiger partial charge < -0.3 is 10.1 Å². The molecule has 1 aromatic rings. The van der Waals surface area contributed by atoms with E-state index in [4.69, 9.17) is 4.74 Å². The lowest BCUT2D eigenvalue weighted by Gasteiger charge is -2.24. The molecule has 110 valence electrons. The van der Waals surface area contributed by atoms with Gasteiger partial charge in [0.1, 0.15) is 5.82 Å². The summed E-state index contributed by atoms with van der Waals surface area (Å²) in [5, 5.41) is 3.45. The summed E-state index contributed by atoms with van der Waals surface area (Å²) >= 11 is 0. The van der Waals surface area contributed by atoms with Crippen LogP contribution in [0.4, 0.5) is 4.39 Å². The molecule has 2 fully saturated rings. The molecule has 2 aliphatic carbocycles. The average molecular weight is 277 g/mol. The van der Waals surface area contributed by atoms with Crippen LogP contribution in [0.3, 0.4) is 0 Å². The first kappa shape index (κ1) is 14.0. The van der Waals surface area contributed by atoms with E-state index in [0.717, 1.165) is 31.1 Å². The van der Waals surface area contributed by atoms with Crippen LogP contribution in [0.1, 0.15) is 49.7 Å². The molecule has 0 aromatic heterocycles. The van der Waals surface area contributed by atoms with Crippen LogP contribution in [0.2, 0.25) is 0 Å². The van der Waals surface area contributed by atoms with Crippen LogP contribution >= 0.6 is 0 Å². The van der Waals surface area contributed by atoms with E-state index in [-0.39, 0.29) is 5.82 Å². The van der Waals surface area contributed by atoms with Crippen molar-refractivity contribution in [2.75, 3.05) is 6.61 Å². The zero-order valence-electron chi connectivity index (χ0n) is 12.0. The molecule has 2 aliphatic rings. The maximum Gasteiger partial charge on any atom is 0.128 e. The number of halogens is 1. The second-order valence-corrected chi connectivity index (χ2v) is 6.22. The Hall–Kier alpha value is -0.930. The zero-order valence-corrected chi connectivity index (χ0v) is 12.0. The SMILES string of the molecule is Fc1ccc(CNC2CC2)cc1COCCC1CCC1. The summed E-state index contributed by atoms with van der Waals surface area (Å²) in [5.41, 5.74) is 1.84. The van der Waals surface area contributed by atoms with Gasteiger partial charge in [-0.15, -0.1) is 0 Å². The number of rotatable bonds is 8. The lowest BCUT2D eigenvalue weighted by molar-refractivity contribution is 0.0931. The van der Waals surface area contributed by atoms with E-state index in [9.17, 15) is 4.39 Å². The Morgan fingerprint density at radius 1 is 1.20 bits per heavy atom. The van der Waals surface area contributed by atoms with E-state index in [0.29, 0.717) is 18.2 Å². The highest BCUT2D eigenvalue weighted by Gasteiger charge is 2.20. The van der Waals surface area contributed by atoms with Crippen LogP contribution in [0.15, 0.2) is 18.2 Å². The van der Waals surface area contributed by atoms with Gasteiger partial charge in [-0.25, -0.2) is 4.39 Å². The first-order chi connectivity index (χ1) is 9.81. The molecule has 0 aliphatic heterocycles. The van der Waals surface area contributed by atoms with Gasteiger partial charge in [-0.3, -0.25) is 0 Å². The third-order valence-corrected chi connectivity index (χ3v) is 4.44. The predicted molar refractivity (Wildman–Crippen MR) is 77.9 cm³/mol. The minimum atomic E-state index is -0.149. The van der Waals surface area contributed by atoms with Crippen LogP contribution in [-0.4, -0.2) is 12.6 Å². The van der Waals surface area contributed by atoms with E-state index in [1.807, 2.05) is 12.1 Å². The Morgan fingerprint density at radius 3 is 2.75 bits per heavy atom. The summed E-state index contributed by atoms with van der Waals surface area (Å²) in [6.07, 6.45) is 7.75. The third kappa shape index (κ3) is 4.03. The summed E-state index contributed by atoms with van der Waals surface area (Å²) in [6.45, 7) is 1.99. The summed E-state index contributed by atoms with van der Waals surface area (Å²) in [7, 11) is 0. The zero-order chi connectivity index (χ0) is 13.8. The van der Waals surface area contributed by atoms with E-state index in [1.165, 1.54) is 32.1 Å². The number of nitrogens with one attached hydrogen (secondary N) is 1. The van der Waals surface area contributed by atoms with E-state index >= 15 is 0 Å². The highest BCUT2D eigenvalue weighted by Crippen LogP contribution is 2.29. The van der Waals surface area contributed by atoms with Crippen LogP contribution in [0, 0.1) is 11.7 Å². The fraction of sp³-hybridized carbons (Fsp3) is 0.647. The predicted octanol–water partition coefficient (Wildman–Crippen LogP) is 3.78. The van der Waals surface area contributed by atoms with Gasteiger partial charge in [0.25, 0.3) is 0 Å². The first-order valence-corrected chi connectivity index (χ1v) is 7.89. The van der Waals surface area contributed by atoms with Gasteiger partial charge in [0, 0.05) is 24.8 Å². The van der Waals surface area contributed by atoms with Crippen LogP contribution in [0.25, 0.3) is 0 Å². The normalized spacial score (nSPS) is 19.1. The molecule has 0 saturated heterocycles. The van der Waals surface area contributed by atoms with Crippen molar-refractivity contribution >= 4 is 0 Å². The van der Waals surface area contributed by atoms with E-state index in [2.05, 4.69) is 5.32 Å². The molecule has 3 heteroatoms. The van der Waals surface area contributed by atoms with E-state index in [1.54, 1.807) is 6.07 Å². The molecule has 2 saturated carbocycles. The van der Waals surface area contributed by atoms with Gasteiger partial charge in [-0.05, 0) is 42.9 Å².